The lowest BCUT2D eigenvalue weighted by molar-refractivity contribution is 0.0910. The number of aliphatic hydroxyl groups is 1. The van der Waals surface area contributed by atoms with Crippen LogP contribution in [-0.2, 0) is 5.41 Å². The van der Waals surface area contributed by atoms with E-state index in [1.807, 2.05) is 20.8 Å². The molecule has 0 fully saturated rings. The average molecular weight is 302 g/mol. The van der Waals surface area contributed by atoms with Gasteiger partial charge in [0.05, 0.1) is 17.3 Å². The molecule has 0 aliphatic heterocycles. The van der Waals surface area contributed by atoms with Crippen molar-refractivity contribution in [1.82, 2.24) is 15.0 Å². The molecule has 2 aromatic heterocycles. The molecule has 0 bridgehead atoms. The summed E-state index contributed by atoms with van der Waals surface area (Å²) in [6.45, 7) is 5.56. The lowest BCUT2D eigenvalue weighted by atomic mass is 9.83. The van der Waals surface area contributed by atoms with Gasteiger partial charge in [-0.1, -0.05) is 0 Å². The predicted molar refractivity (Wildman–Crippen MR) is 79.2 cm³/mol. The van der Waals surface area contributed by atoms with Crippen LogP contribution in [0, 0.1) is 6.92 Å². The molecule has 2 aromatic rings. The number of carbonyl (C=O) groups is 1. The number of aliphatic hydroxyl groups excluding tert-OH is 1. The molecule has 0 saturated heterocycles. The summed E-state index contributed by atoms with van der Waals surface area (Å²) in [7, 11) is 0. The molecule has 0 radical (unpaired) electrons. The molecule has 2 rings (SSSR count). The van der Waals surface area contributed by atoms with Gasteiger partial charge in [0.25, 0.3) is 0 Å². The molecular weight excluding hydrogens is 284 g/mol. The highest BCUT2D eigenvalue weighted by Crippen LogP contribution is 2.34. The van der Waals surface area contributed by atoms with Crippen molar-refractivity contribution in [3.05, 3.63) is 47.8 Å². The van der Waals surface area contributed by atoms with Crippen molar-refractivity contribution < 1.29 is 14.6 Å². The Labute approximate surface area is 128 Å². The van der Waals surface area contributed by atoms with Crippen LogP contribution in [0.2, 0.25) is 0 Å². The first-order valence-corrected chi connectivity index (χ1v) is 6.71. The summed E-state index contributed by atoms with van der Waals surface area (Å²) in [5.74, 6) is 0.734. The number of hydrogen-bond acceptors (Lipinski definition) is 6. The highest BCUT2D eigenvalue weighted by atomic mass is 16.5. The Kier molecular flexibility index (Phi) is 4.37. The van der Waals surface area contributed by atoms with Gasteiger partial charge in [0.15, 0.2) is 5.75 Å². The van der Waals surface area contributed by atoms with E-state index in [0.29, 0.717) is 11.5 Å². The van der Waals surface area contributed by atoms with Gasteiger partial charge in [-0.3, -0.25) is 4.98 Å². The topological polar surface area (TPSA) is 111 Å². The predicted octanol–water partition coefficient (Wildman–Crippen LogP) is 1.65. The molecule has 22 heavy (non-hydrogen) atoms. The van der Waals surface area contributed by atoms with E-state index in [1.165, 1.54) is 12.3 Å². The lowest BCUT2D eigenvalue weighted by Gasteiger charge is -2.28. The Bertz CT molecular complexity index is 653. The Hall–Kier alpha value is -2.54. The fraction of sp³-hybridized carbons (Fsp3) is 0.333. The number of aryl methyl sites for hydroxylation is 1. The number of ether oxygens (including phenoxy) is 1. The third-order valence-electron chi connectivity index (χ3n) is 3.30. The van der Waals surface area contributed by atoms with Gasteiger partial charge in [0, 0.05) is 12.4 Å². The Balaban J connectivity index is 2.23. The Morgan fingerprint density at radius 3 is 2.36 bits per heavy atom. The summed E-state index contributed by atoms with van der Waals surface area (Å²) in [6.07, 6.45) is 2.90. The number of hydrogen-bond donors (Lipinski definition) is 2. The summed E-state index contributed by atoms with van der Waals surface area (Å²) >= 11 is 0. The van der Waals surface area contributed by atoms with Crippen LogP contribution in [0.3, 0.4) is 0 Å². The molecule has 0 saturated carbocycles. The summed E-state index contributed by atoms with van der Waals surface area (Å²) in [6, 6.07) is 3.08. The van der Waals surface area contributed by atoms with Crippen molar-refractivity contribution in [3.8, 4) is 5.75 Å². The zero-order valence-corrected chi connectivity index (χ0v) is 12.6. The van der Waals surface area contributed by atoms with E-state index in [4.69, 9.17) is 10.5 Å². The fourth-order valence-electron chi connectivity index (χ4n) is 1.95. The van der Waals surface area contributed by atoms with E-state index >= 15 is 0 Å². The normalized spacial score (nSPS) is 12.7. The van der Waals surface area contributed by atoms with Crippen LogP contribution in [0.25, 0.3) is 0 Å². The summed E-state index contributed by atoms with van der Waals surface area (Å²) < 4.78 is 4.70. The highest BCUT2D eigenvalue weighted by molar-refractivity contribution is 5.67. The van der Waals surface area contributed by atoms with Gasteiger partial charge in [0.2, 0.25) is 0 Å². The summed E-state index contributed by atoms with van der Waals surface area (Å²) in [5.41, 5.74) is 5.56. The molecule has 0 aliphatic rings. The molecule has 116 valence electrons. The largest absolute Gasteiger partial charge is 0.410 e. The number of nitrogens with zero attached hydrogens (tertiary/aromatic N) is 3. The first kappa shape index (κ1) is 15.8. The first-order chi connectivity index (χ1) is 10.3. The smallest absolute Gasteiger partial charge is 0.409 e. The molecule has 1 amide bonds. The van der Waals surface area contributed by atoms with Crippen molar-refractivity contribution in [2.24, 2.45) is 5.73 Å². The summed E-state index contributed by atoms with van der Waals surface area (Å²) in [4.78, 5) is 23.3. The van der Waals surface area contributed by atoms with Crippen LogP contribution in [-0.4, -0.2) is 26.2 Å². The molecule has 2 heterocycles. The molecule has 0 aliphatic carbocycles. The molecule has 0 spiro atoms. The second kappa shape index (κ2) is 6.07. The second-order valence-electron chi connectivity index (χ2n) is 5.55. The number of carbonyl (C=O) groups excluding carboxylic acids is 1. The number of primary amides is 1. The zero-order valence-electron chi connectivity index (χ0n) is 12.6. The minimum Gasteiger partial charge on any atom is -0.409 e. The van der Waals surface area contributed by atoms with Gasteiger partial charge in [0.1, 0.15) is 11.9 Å². The molecular formula is C15H18N4O3. The number of aromatic nitrogens is 3. The van der Waals surface area contributed by atoms with Crippen molar-refractivity contribution in [2.75, 3.05) is 0 Å². The van der Waals surface area contributed by atoms with Crippen LogP contribution in [0.5, 0.6) is 5.75 Å². The monoisotopic (exact) mass is 302 g/mol. The lowest BCUT2D eigenvalue weighted by Crippen LogP contribution is -2.29. The van der Waals surface area contributed by atoms with Gasteiger partial charge in [-0.05, 0) is 38.5 Å². The number of nitrogens with two attached hydrogens (primary N) is 1. The van der Waals surface area contributed by atoms with Gasteiger partial charge in [-0.15, -0.1) is 0 Å². The van der Waals surface area contributed by atoms with Gasteiger partial charge in [-0.25, -0.2) is 14.8 Å². The van der Waals surface area contributed by atoms with Crippen LogP contribution in [0.15, 0.2) is 30.7 Å². The van der Waals surface area contributed by atoms with Gasteiger partial charge < -0.3 is 15.6 Å². The van der Waals surface area contributed by atoms with Crippen molar-refractivity contribution in [3.63, 3.8) is 0 Å². The van der Waals surface area contributed by atoms with Crippen LogP contribution in [0.1, 0.15) is 37.0 Å². The maximum atomic E-state index is 10.7. The standard InChI is InChI=1S/C15H18N4O3/c1-9-6-18-13(19-7-9)15(2,3)12(20)11-5-4-10(8-17-11)22-14(16)21/h4-8,12,20H,1-3H3,(H2,16,21). The molecule has 0 aromatic carbocycles. The Morgan fingerprint density at radius 1 is 1.23 bits per heavy atom. The van der Waals surface area contributed by atoms with E-state index in [1.54, 1.807) is 18.5 Å². The van der Waals surface area contributed by atoms with Crippen molar-refractivity contribution >= 4 is 6.09 Å². The van der Waals surface area contributed by atoms with Crippen molar-refractivity contribution in [2.45, 2.75) is 32.3 Å². The maximum absolute atomic E-state index is 10.7. The van der Waals surface area contributed by atoms with Crippen LogP contribution >= 0.6 is 0 Å². The SMILES string of the molecule is Cc1cnc(C(C)(C)C(O)c2ccc(OC(N)=O)cn2)nc1. The summed E-state index contributed by atoms with van der Waals surface area (Å²) in [5, 5.41) is 10.6. The van der Waals surface area contributed by atoms with Crippen LogP contribution in [0.4, 0.5) is 4.79 Å². The van der Waals surface area contributed by atoms with E-state index in [0.717, 1.165) is 5.56 Å². The third-order valence-corrected chi connectivity index (χ3v) is 3.30. The van der Waals surface area contributed by atoms with E-state index in [2.05, 4.69) is 15.0 Å². The number of amides is 1. The highest BCUT2D eigenvalue weighted by Gasteiger charge is 2.34. The van der Waals surface area contributed by atoms with E-state index in [9.17, 15) is 9.90 Å². The van der Waals surface area contributed by atoms with E-state index < -0.39 is 17.6 Å². The van der Waals surface area contributed by atoms with E-state index in [-0.39, 0.29) is 5.75 Å². The second-order valence-corrected chi connectivity index (χ2v) is 5.55. The molecule has 7 heteroatoms. The van der Waals surface area contributed by atoms with Gasteiger partial charge in [-0.2, -0.15) is 0 Å². The number of pyridine rings is 1. The van der Waals surface area contributed by atoms with Gasteiger partial charge >= 0.3 is 6.09 Å². The maximum Gasteiger partial charge on any atom is 0.410 e. The Morgan fingerprint density at radius 2 is 1.86 bits per heavy atom. The zero-order chi connectivity index (χ0) is 16.3. The first-order valence-electron chi connectivity index (χ1n) is 6.71. The van der Waals surface area contributed by atoms with Crippen LogP contribution < -0.4 is 10.5 Å². The third kappa shape index (κ3) is 3.37. The molecule has 7 nitrogen and oxygen atoms in total. The molecule has 1 unspecified atom stereocenters. The average Bonchev–Trinajstić information content (AvgIpc) is 2.47. The molecule has 1 atom stereocenters. The van der Waals surface area contributed by atoms with Crippen molar-refractivity contribution in [1.29, 1.82) is 0 Å². The minimum atomic E-state index is -0.919. The fourth-order valence-corrected chi connectivity index (χ4v) is 1.95. The minimum absolute atomic E-state index is 0.216. The quantitative estimate of drug-likeness (QED) is 0.888. The molecule has 3 N–H and O–H groups in total. The number of rotatable bonds is 4.